The van der Waals surface area contributed by atoms with E-state index in [0.717, 1.165) is 35.4 Å². The predicted octanol–water partition coefficient (Wildman–Crippen LogP) is 4.68. The Bertz CT molecular complexity index is 638. The minimum Gasteiger partial charge on any atom is -0.352 e. The molecular weight excluding hydrogens is 290 g/mol. The molecule has 0 amide bonds. The number of aryl methyl sites for hydroxylation is 1. The summed E-state index contributed by atoms with van der Waals surface area (Å²) in [6.07, 6.45) is 4.54. The molecule has 2 atom stereocenters. The van der Waals surface area contributed by atoms with Crippen LogP contribution >= 0.6 is 22.9 Å². The van der Waals surface area contributed by atoms with Crippen LogP contribution in [0.25, 0.3) is 10.2 Å². The van der Waals surface area contributed by atoms with E-state index in [-0.39, 0.29) is 0 Å². The molecule has 1 N–H and O–H groups in total. The first kappa shape index (κ1) is 14.1. The molecule has 108 valence electrons. The van der Waals surface area contributed by atoms with Crippen molar-refractivity contribution in [3.8, 4) is 0 Å². The van der Waals surface area contributed by atoms with Crippen molar-refractivity contribution in [2.24, 2.45) is 5.92 Å². The van der Waals surface area contributed by atoms with Crippen LogP contribution in [0.4, 0.5) is 5.95 Å². The summed E-state index contributed by atoms with van der Waals surface area (Å²) in [5, 5.41) is 5.01. The molecule has 0 bridgehead atoms. The van der Waals surface area contributed by atoms with Crippen molar-refractivity contribution >= 4 is 39.1 Å². The first-order chi connectivity index (χ1) is 9.58. The molecule has 3 nitrogen and oxygen atoms in total. The second-order valence-corrected chi connectivity index (χ2v) is 7.27. The zero-order chi connectivity index (χ0) is 14.3. The predicted molar refractivity (Wildman–Crippen MR) is 87.0 cm³/mol. The summed E-state index contributed by atoms with van der Waals surface area (Å²) in [7, 11) is 0. The largest absolute Gasteiger partial charge is 0.352 e. The Hall–Kier alpha value is -0.870. The first-order valence-corrected chi connectivity index (χ1v) is 8.52. The van der Waals surface area contributed by atoms with Crippen molar-refractivity contribution in [1.29, 1.82) is 0 Å². The van der Waals surface area contributed by atoms with Crippen LogP contribution in [0.1, 0.15) is 44.1 Å². The Kier molecular flexibility index (Phi) is 3.87. The summed E-state index contributed by atoms with van der Waals surface area (Å²) < 4.78 is 0. The van der Waals surface area contributed by atoms with Gasteiger partial charge in [0.2, 0.25) is 5.95 Å². The standard InChI is InChI=1S/C15H20ClN3S/c1-4-9(3)17-15-18-13(16)12-10-6-5-8(2)7-11(10)20-14(12)19-15/h8-9H,4-7H2,1-3H3,(H,17,18,19). The summed E-state index contributed by atoms with van der Waals surface area (Å²) in [6.45, 7) is 6.59. The number of halogens is 1. The van der Waals surface area contributed by atoms with Gasteiger partial charge in [-0.25, -0.2) is 9.97 Å². The Morgan fingerprint density at radius 1 is 1.45 bits per heavy atom. The molecular formula is C15H20ClN3S. The number of nitrogens with zero attached hydrogens (tertiary/aromatic N) is 2. The van der Waals surface area contributed by atoms with Crippen molar-refractivity contribution in [3.63, 3.8) is 0 Å². The van der Waals surface area contributed by atoms with E-state index in [2.05, 4.69) is 36.1 Å². The van der Waals surface area contributed by atoms with Crippen LogP contribution in [0.5, 0.6) is 0 Å². The van der Waals surface area contributed by atoms with Gasteiger partial charge < -0.3 is 5.32 Å². The summed E-state index contributed by atoms with van der Waals surface area (Å²) in [5.74, 6) is 1.42. The Morgan fingerprint density at radius 2 is 2.25 bits per heavy atom. The van der Waals surface area contributed by atoms with Crippen LogP contribution < -0.4 is 5.32 Å². The summed E-state index contributed by atoms with van der Waals surface area (Å²) in [6, 6.07) is 0.359. The highest BCUT2D eigenvalue weighted by Gasteiger charge is 2.23. The van der Waals surface area contributed by atoms with Crippen molar-refractivity contribution in [1.82, 2.24) is 9.97 Å². The maximum absolute atomic E-state index is 6.42. The lowest BCUT2D eigenvalue weighted by Crippen LogP contribution is -2.15. The fraction of sp³-hybridized carbons (Fsp3) is 0.600. The van der Waals surface area contributed by atoms with E-state index in [0.29, 0.717) is 17.1 Å². The monoisotopic (exact) mass is 309 g/mol. The van der Waals surface area contributed by atoms with Gasteiger partial charge in [-0.3, -0.25) is 0 Å². The van der Waals surface area contributed by atoms with E-state index >= 15 is 0 Å². The lowest BCUT2D eigenvalue weighted by atomic mass is 9.89. The van der Waals surface area contributed by atoms with Gasteiger partial charge in [-0.15, -0.1) is 11.3 Å². The molecule has 1 aliphatic rings. The third-order valence-electron chi connectivity index (χ3n) is 4.10. The maximum Gasteiger partial charge on any atom is 0.225 e. The first-order valence-electron chi connectivity index (χ1n) is 7.32. The van der Waals surface area contributed by atoms with Crippen molar-refractivity contribution in [2.75, 3.05) is 5.32 Å². The lowest BCUT2D eigenvalue weighted by molar-refractivity contribution is 0.509. The zero-order valence-corrected chi connectivity index (χ0v) is 13.7. The van der Waals surface area contributed by atoms with Crippen molar-refractivity contribution in [2.45, 2.75) is 52.5 Å². The van der Waals surface area contributed by atoms with Gasteiger partial charge in [-0.2, -0.15) is 0 Å². The van der Waals surface area contributed by atoms with Crippen LogP contribution in [0, 0.1) is 5.92 Å². The second kappa shape index (κ2) is 5.49. The highest BCUT2D eigenvalue weighted by Crippen LogP contribution is 2.40. The number of rotatable bonds is 3. The van der Waals surface area contributed by atoms with E-state index in [9.17, 15) is 0 Å². The smallest absolute Gasteiger partial charge is 0.225 e. The molecule has 0 aliphatic heterocycles. The molecule has 2 aromatic heterocycles. The Labute approximate surface area is 128 Å². The normalized spacial score (nSPS) is 19.9. The molecule has 20 heavy (non-hydrogen) atoms. The van der Waals surface area contributed by atoms with E-state index in [4.69, 9.17) is 11.6 Å². The fourth-order valence-electron chi connectivity index (χ4n) is 2.68. The minimum atomic E-state index is 0.359. The van der Waals surface area contributed by atoms with Crippen molar-refractivity contribution < 1.29 is 0 Å². The van der Waals surface area contributed by atoms with Gasteiger partial charge in [0.05, 0.1) is 5.39 Å². The highest BCUT2D eigenvalue weighted by molar-refractivity contribution is 7.19. The Balaban J connectivity index is 2.04. The zero-order valence-electron chi connectivity index (χ0n) is 12.2. The number of fused-ring (bicyclic) bond motifs is 3. The molecule has 0 spiro atoms. The van der Waals surface area contributed by atoms with Gasteiger partial charge in [0.15, 0.2) is 0 Å². The van der Waals surface area contributed by atoms with Crippen LogP contribution in [0.3, 0.4) is 0 Å². The average molecular weight is 310 g/mol. The van der Waals surface area contributed by atoms with E-state index in [1.807, 2.05) is 0 Å². The summed E-state index contributed by atoms with van der Waals surface area (Å²) in [5.41, 5.74) is 1.39. The molecule has 0 aromatic carbocycles. The van der Waals surface area contributed by atoms with Gasteiger partial charge in [0.1, 0.15) is 9.98 Å². The van der Waals surface area contributed by atoms with Gasteiger partial charge in [-0.05, 0) is 44.1 Å². The van der Waals surface area contributed by atoms with Crippen LogP contribution in [-0.4, -0.2) is 16.0 Å². The van der Waals surface area contributed by atoms with E-state index < -0.39 is 0 Å². The van der Waals surface area contributed by atoms with Gasteiger partial charge >= 0.3 is 0 Å². The van der Waals surface area contributed by atoms with Gasteiger partial charge in [0.25, 0.3) is 0 Å². The number of nitrogens with one attached hydrogen (secondary N) is 1. The number of hydrogen-bond donors (Lipinski definition) is 1. The molecule has 2 heterocycles. The number of thiophene rings is 1. The minimum absolute atomic E-state index is 0.359. The van der Waals surface area contributed by atoms with Gasteiger partial charge in [0, 0.05) is 10.9 Å². The molecule has 0 saturated carbocycles. The molecule has 3 rings (SSSR count). The van der Waals surface area contributed by atoms with Crippen LogP contribution in [-0.2, 0) is 12.8 Å². The van der Waals surface area contributed by atoms with E-state index in [1.54, 1.807) is 11.3 Å². The number of aromatic nitrogens is 2. The van der Waals surface area contributed by atoms with Gasteiger partial charge in [-0.1, -0.05) is 25.4 Å². The summed E-state index contributed by atoms with van der Waals surface area (Å²) in [4.78, 5) is 11.6. The maximum atomic E-state index is 6.42. The highest BCUT2D eigenvalue weighted by atomic mass is 35.5. The lowest BCUT2D eigenvalue weighted by Gasteiger charge is -2.17. The van der Waals surface area contributed by atoms with Crippen LogP contribution in [0.15, 0.2) is 0 Å². The molecule has 2 aromatic rings. The molecule has 2 unspecified atom stereocenters. The fourth-order valence-corrected chi connectivity index (χ4v) is 4.41. The average Bonchev–Trinajstić information content (AvgIpc) is 2.75. The molecule has 0 saturated heterocycles. The number of hydrogen-bond acceptors (Lipinski definition) is 4. The number of anilines is 1. The summed E-state index contributed by atoms with van der Waals surface area (Å²) >= 11 is 8.21. The topological polar surface area (TPSA) is 37.8 Å². The third kappa shape index (κ3) is 2.51. The SMILES string of the molecule is CCC(C)Nc1nc(Cl)c2c3c(sc2n1)CC(C)CC3. The molecule has 0 radical (unpaired) electrons. The Morgan fingerprint density at radius 3 is 3.00 bits per heavy atom. The van der Waals surface area contributed by atoms with Crippen LogP contribution in [0.2, 0.25) is 5.15 Å². The quantitative estimate of drug-likeness (QED) is 0.837. The molecule has 5 heteroatoms. The molecule has 1 aliphatic carbocycles. The molecule has 0 fully saturated rings. The third-order valence-corrected chi connectivity index (χ3v) is 5.52. The second-order valence-electron chi connectivity index (χ2n) is 5.82. The van der Waals surface area contributed by atoms with E-state index in [1.165, 1.54) is 16.9 Å². The van der Waals surface area contributed by atoms with Crippen molar-refractivity contribution in [3.05, 3.63) is 15.6 Å².